The molecule has 0 N–H and O–H groups in total. The van der Waals surface area contributed by atoms with Crippen LogP contribution >= 0.6 is 0 Å². The van der Waals surface area contributed by atoms with Crippen molar-refractivity contribution in [3.63, 3.8) is 0 Å². The predicted octanol–water partition coefficient (Wildman–Crippen LogP) is 17.5. The quantitative estimate of drug-likeness (QED) is 0.128. The van der Waals surface area contributed by atoms with E-state index in [4.69, 9.17) is 0 Å². The lowest BCUT2D eigenvalue weighted by Gasteiger charge is -2.43. The second-order valence-corrected chi connectivity index (χ2v) is 17.2. The second kappa shape index (κ2) is 17.6. The van der Waals surface area contributed by atoms with Gasteiger partial charge in [0.1, 0.15) is 0 Å². The van der Waals surface area contributed by atoms with Crippen LogP contribution in [0.4, 0.5) is 45.5 Å². The van der Waals surface area contributed by atoms with Gasteiger partial charge in [0, 0.05) is 62.2 Å². The molecule has 2 unspecified atom stereocenters. The van der Waals surface area contributed by atoms with Crippen molar-refractivity contribution >= 4 is 56.3 Å². The van der Waals surface area contributed by atoms with Crippen LogP contribution in [0.1, 0.15) is 6.92 Å². The summed E-state index contributed by atoms with van der Waals surface area (Å²) in [4.78, 5) is 7.09. The molecular formula is C63H49N3. The van der Waals surface area contributed by atoms with Crippen LogP contribution in [0, 0.1) is 11.3 Å². The van der Waals surface area contributed by atoms with Gasteiger partial charge >= 0.3 is 0 Å². The first-order valence-electron chi connectivity index (χ1n) is 22.8. The van der Waals surface area contributed by atoms with Crippen LogP contribution < -0.4 is 14.7 Å². The van der Waals surface area contributed by atoms with E-state index in [0.29, 0.717) is 5.92 Å². The van der Waals surface area contributed by atoms with Crippen LogP contribution in [0.3, 0.4) is 0 Å². The molecule has 3 heteroatoms. The molecule has 0 aromatic heterocycles. The van der Waals surface area contributed by atoms with Gasteiger partial charge < -0.3 is 14.7 Å². The van der Waals surface area contributed by atoms with Crippen LogP contribution in [0.2, 0.25) is 0 Å². The zero-order chi connectivity index (χ0) is 44.3. The highest BCUT2D eigenvalue weighted by Crippen LogP contribution is 2.49. The first-order chi connectivity index (χ1) is 32.6. The topological polar surface area (TPSA) is 9.72 Å². The summed E-state index contributed by atoms with van der Waals surface area (Å²) < 4.78 is 0. The number of benzene rings is 9. The van der Waals surface area contributed by atoms with E-state index in [1.54, 1.807) is 0 Å². The number of hydrogen-bond donors (Lipinski definition) is 0. The number of hydrogen-bond acceptors (Lipinski definition) is 3. The Kier molecular flexibility index (Phi) is 10.8. The Hall–Kier alpha value is -8.40. The molecule has 0 saturated heterocycles. The summed E-state index contributed by atoms with van der Waals surface area (Å²) in [6.45, 7) is 2.35. The van der Waals surface area contributed by atoms with Crippen molar-refractivity contribution in [1.29, 1.82) is 0 Å². The molecule has 0 radical (unpaired) electrons. The minimum atomic E-state index is -0.158. The number of rotatable bonds is 11. The smallest absolute Gasteiger partial charge is 0.0540 e. The summed E-state index contributed by atoms with van der Waals surface area (Å²) in [5.74, 6) is 0.303. The molecule has 2 atom stereocenters. The maximum absolute atomic E-state index is 2.41. The summed E-state index contributed by atoms with van der Waals surface area (Å²) >= 11 is 0. The zero-order valence-corrected chi connectivity index (χ0v) is 36.9. The Morgan fingerprint density at radius 1 is 0.333 bits per heavy atom. The maximum atomic E-state index is 2.41. The van der Waals surface area contributed by atoms with Gasteiger partial charge in [-0.1, -0.05) is 176 Å². The number of fused-ring (bicyclic) bond motifs is 2. The molecule has 0 saturated carbocycles. The number of allylic oxidation sites excluding steroid dienone is 7. The van der Waals surface area contributed by atoms with Gasteiger partial charge in [-0.2, -0.15) is 0 Å². The first-order valence-corrected chi connectivity index (χ1v) is 22.8. The van der Waals surface area contributed by atoms with E-state index < -0.39 is 0 Å². The third-order valence-corrected chi connectivity index (χ3v) is 13.1. The molecule has 3 nitrogen and oxygen atoms in total. The minimum absolute atomic E-state index is 0.158. The van der Waals surface area contributed by atoms with Crippen LogP contribution in [0.25, 0.3) is 33.0 Å². The Morgan fingerprint density at radius 3 is 1.26 bits per heavy atom. The molecule has 9 aromatic rings. The van der Waals surface area contributed by atoms with Crippen molar-refractivity contribution in [3.8, 4) is 22.3 Å². The molecular weight excluding hydrogens is 799 g/mol. The first kappa shape index (κ1) is 40.4. The van der Waals surface area contributed by atoms with Crippen LogP contribution in [-0.4, -0.2) is 0 Å². The van der Waals surface area contributed by atoms with E-state index in [2.05, 4.69) is 295 Å². The standard InChI is InChI=1S/C63H49N3/c1-63-46-14-13-19-52(63)20-16-29-62(63)66(55-25-9-4-10-26-55)59-44-36-50(37-45-59)48-32-40-57(41-33-48)64(53-21-5-2-6-22-53)56-38-30-47(31-39-56)49-34-42-58(43-35-49)65(54-23-7-3-8-24-54)61-28-15-18-51-17-11-12-27-60(51)61/h2-46,52H,1H3. The highest BCUT2D eigenvalue weighted by molar-refractivity contribution is 5.99. The van der Waals surface area contributed by atoms with Gasteiger partial charge in [0.15, 0.2) is 0 Å². The van der Waals surface area contributed by atoms with Crippen LogP contribution in [-0.2, 0) is 0 Å². The summed E-state index contributed by atoms with van der Waals surface area (Å²) in [6, 6.07) is 82.9. The third-order valence-electron chi connectivity index (χ3n) is 13.1. The molecule has 0 fully saturated rings. The molecule has 9 aromatic carbocycles. The second-order valence-electron chi connectivity index (χ2n) is 17.2. The summed E-state index contributed by atoms with van der Waals surface area (Å²) in [5.41, 5.74) is 14.7. The lowest BCUT2D eigenvalue weighted by atomic mass is 9.69. The predicted molar refractivity (Wildman–Crippen MR) is 280 cm³/mol. The van der Waals surface area contributed by atoms with Gasteiger partial charge in [-0.3, -0.25) is 0 Å². The van der Waals surface area contributed by atoms with Crippen LogP contribution in [0.5, 0.6) is 0 Å². The molecule has 0 amide bonds. The van der Waals surface area contributed by atoms with Gasteiger partial charge in [-0.05, 0) is 132 Å². The zero-order valence-electron chi connectivity index (χ0n) is 36.9. The maximum Gasteiger partial charge on any atom is 0.0540 e. The van der Waals surface area contributed by atoms with Gasteiger partial charge in [0.25, 0.3) is 0 Å². The third kappa shape index (κ3) is 7.71. The van der Waals surface area contributed by atoms with E-state index >= 15 is 0 Å². The van der Waals surface area contributed by atoms with E-state index in [1.165, 1.54) is 33.2 Å². The van der Waals surface area contributed by atoms with Gasteiger partial charge in [0.2, 0.25) is 0 Å². The number of para-hydroxylation sites is 3. The highest BCUT2D eigenvalue weighted by Gasteiger charge is 2.39. The number of anilines is 8. The van der Waals surface area contributed by atoms with E-state index in [1.807, 2.05) is 0 Å². The Bertz CT molecular complexity index is 3220. The Labute approximate surface area is 388 Å². The molecule has 2 aliphatic rings. The fraction of sp³-hybridized carbons (Fsp3) is 0.0476. The van der Waals surface area contributed by atoms with E-state index in [9.17, 15) is 0 Å². The summed E-state index contributed by atoms with van der Waals surface area (Å²) in [7, 11) is 0. The minimum Gasteiger partial charge on any atom is -0.313 e. The monoisotopic (exact) mass is 847 g/mol. The average molecular weight is 848 g/mol. The fourth-order valence-corrected chi connectivity index (χ4v) is 9.68. The molecule has 0 heterocycles. The normalized spacial score (nSPS) is 16.1. The average Bonchev–Trinajstić information content (AvgIpc) is 3.39. The largest absolute Gasteiger partial charge is 0.313 e. The fourth-order valence-electron chi connectivity index (χ4n) is 9.68. The molecule has 0 aliphatic heterocycles. The van der Waals surface area contributed by atoms with Gasteiger partial charge in [-0.15, -0.1) is 0 Å². The number of nitrogens with zero attached hydrogens (tertiary/aromatic N) is 3. The molecule has 66 heavy (non-hydrogen) atoms. The molecule has 11 rings (SSSR count). The Morgan fingerprint density at radius 2 is 0.727 bits per heavy atom. The molecule has 2 aliphatic carbocycles. The van der Waals surface area contributed by atoms with Crippen molar-refractivity contribution in [2.24, 2.45) is 11.3 Å². The molecule has 0 spiro atoms. The highest BCUT2D eigenvalue weighted by atomic mass is 15.2. The Balaban J connectivity index is 0.864. The van der Waals surface area contributed by atoms with Gasteiger partial charge in [-0.25, -0.2) is 0 Å². The van der Waals surface area contributed by atoms with Crippen molar-refractivity contribution in [2.75, 3.05) is 14.7 Å². The summed E-state index contributed by atoms with van der Waals surface area (Å²) in [5, 5.41) is 2.44. The molecule has 316 valence electrons. The van der Waals surface area contributed by atoms with Gasteiger partial charge in [0.05, 0.1) is 5.69 Å². The van der Waals surface area contributed by atoms with Crippen molar-refractivity contribution in [2.45, 2.75) is 6.92 Å². The summed E-state index contributed by atoms with van der Waals surface area (Å²) in [6.07, 6.45) is 15.8. The van der Waals surface area contributed by atoms with Crippen molar-refractivity contribution in [3.05, 3.63) is 279 Å². The lowest BCUT2D eigenvalue weighted by Crippen LogP contribution is -2.36. The molecule has 0 bridgehead atoms. The van der Waals surface area contributed by atoms with Crippen molar-refractivity contribution < 1.29 is 0 Å². The van der Waals surface area contributed by atoms with Crippen LogP contribution in [0.15, 0.2) is 279 Å². The lowest BCUT2D eigenvalue weighted by molar-refractivity contribution is 0.415. The van der Waals surface area contributed by atoms with Crippen molar-refractivity contribution in [1.82, 2.24) is 0 Å². The van der Waals surface area contributed by atoms with E-state index in [-0.39, 0.29) is 5.41 Å². The van der Waals surface area contributed by atoms with E-state index in [0.717, 1.165) is 51.1 Å². The SMILES string of the molecule is CC12C=CC=CC1C=CC=C2N(c1ccccc1)c1ccc(-c2ccc(N(c3ccccc3)c3ccc(-c4ccc(N(c5ccccc5)c5cccc6ccccc56)cc4)cc3)cc2)cc1.